The Morgan fingerprint density at radius 2 is 2.12 bits per heavy atom. The number of carbonyl (C=O) groups is 2. The third-order valence-electron chi connectivity index (χ3n) is 3.86. The summed E-state index contributed by atoms with van der Waals surface area (Å²) in [6, 6.07) is 4.67. The number of rotatable bonds is 6. The van der Waals surface area contributed by atoms with Crippen molar-refractivity contribution in [2.75, 3.05) is 11.1 Å². The summed E-state index contributed by atoms with van der Waals surface area (Å²) in [5, 5.41) is 5.24. The highest BCUT2D eigenvalue weighted by molar-refractivity contribution is 8.01. The van der Waals surface area contributed by atoms with Gasteiger partial charge in [0.2, 0.25) is 11.8 Å². The van der Waals surface area contributed by atoms with Crippen LogP contribution in [-0.2, 0) is 19.4 Å². The molecule has 2 N–H and O–H groups in total. The van der Waals surface area contributed by atoms with E-state index in [1.54, 1.807) is 19.1 Å². The molecule has 0 aromatic heterocycles. The van der Waals surface area contributed by atoms with Crippen LogP contribution in [0.1, 0.15) is 33.6 Å². The molecule has 2 rings (SSSR count). The van der Waals surface area contributed by atoms with Crippen molar-refractivity contribution in [1.29, 1.82) is 0 Å². The highest BCUT2D eigenvalue weighted by Crippen LogP contribution is 2.37. The molecule has 2 unspecified atom stereocenters. The van der Waals surface area contributed by atoms with E-state index in [9.17, 15) is 18.0 Å². The summed E-state index contributed by atoms with van der Waals surface area (Å²) in [7, 11) is -3.55. The molecule has 0 saturated carbocycles. The number of benzene rings is 1. The molecule has 24 heavy (non-hydrogen) atoms. The summed E-state index contributed by atoms with van der Waals surface area (Å²) in [5.41, 5.74) is 0.622. The van der Waals surface area contributed by atoms with Gasteiger partial charge in [-0.25, -0.2) is 8.42 Å². The number of amides is 2. The van der Waals surface area contributed by atoms with Gasteiger partial charge in [-0.05, 0) is 38.5 Å². The molecule has 0 bridgehead atoms. The summed E-state index contributed by atoms with van der Waals surface area (Å²) >= 11 is 1.33. The molecule has 1 aliphatic heterocycles. The van der Waals surface area contributed by atoms with E-state index in [1.165, 1.54) is 17.8 Å². The number of thioether (sulfide) groups is 1. The summed E-state index contributed by atoms with van der Waals surface area (Å²) in [6.45, 7) is 5.60. The summed E-state index contributed by atoms with van der Waals surface area (Å²) in [5.74, 6) is -0.591. The topological polar surface area (TPSA) is 92.3 Å². The number of hydrogen-bond acceptors (Lipinski definition) is 5. The van der Waals surface area contributed by atoms with Gasteiger partial charge in [0.25, 0.3) is 0 Å². The van der Waals surface area contributed by atoms with E-state index in [2.05, 4.69) is 10.6 Å². The normalized spacial score (nSPS) is 18.5. The fourth-order valence-electron chi connectivity index (χ4n) is 2.17. The standard InChI is InChI=1S/C16H22N2O4S2/c1-4-10(2)17-15(19)7-8-24(21,22)12-5-6-13-14(9-12)23-11(3)16(20)18-13/h5-6,9-11H,4,7-8H2,1-3H3,(H,17,19)(H,18,20). The molecule has 1 aromatic carbocycles. The second-order valence-corrected chi connectivity index (χ2v) is 9.34. The first-order valence-corrected chi connectivity index (χ1v) is 10.4. The second kappa shape index (κ2) is 7.57. The molecule has 6 nitrogen and oxygen atoms in total. The third kappa shape index (κ3) is 4.51. The lowest BCUT2D eigenvalue weighted by Gasteiger charge is -2.21. The van der Waals surface area contributed by atoms with E-state index in [0.29, 0.717) is 5.69 Å². The number of anilines is 1. The van der Waals surface area contributed by atoms with Gasteiger partial charge >= 0.3 is 0 Å². The highest BCUT2D eigenvalue weighted by atomic mass is 32.2. The van der Waals surface area contributed by atoms with Crippen LogP contribution in [0.2, 0.25) is 0 Å². The van der Waals surface area contributed by atoms with Crippen molar-refractivity contribution < 1.29 is 18.0 Å². The lowest BCUT2D eigenvalue weighted by molar-refractivity contribution is -0.121. The van der Waals surface area contributed by atoms with E-state index >= 15 is 0 Å². The van der Waals surface area contributed by atoms with Crippen LogP contribution < -0.4 is 10.6 Å². The van der Waals surface area contributed by atoms with Crippen LogP contribution in [0, 0.1) is 0 Å². The molecule has 1 aromatic rings. The minimum atomic E-state index is -3.55. The number of hydrogen-bond donors (Lipinski definition) is 2. The SMILES string of the molecule is CCC(C)NC(=O)CCS(=O)(=O)c1ccc2c(c1)SC(C)C(=O)N2. The monoisotopic (exact) mass is 370 g/mol. The Kier molecular flexibility index (Phi) is 5.92. The minimum absolute atomic E-state index is 0.0328. The number of sulfone groups is 1. The predicted molar refractivity (Wildman–Crippen MR) is 95.0 cm³/mol. The van der Waals surface area contributed by atoms with E-state index in [1.807, 2.05) is 13.8 Å². The van der Waals surface area contributed by atoms with Crippen LogP contribution in [0.15, 0.2) is 28.0 Å². The maximum Gasteiger partial charge on any atom is 0.237 e. The molecule has 0 spiro atoms. The Morgan fingerprint density at radius 3 is 2.79 bits per heavy atom. The average molecular weight is 370 g/mol. The van der Waals surface area contributed by atoms with E-state index in [-0.39, 0.29) is 40.2 Å². The number of fused-ring (bicyclic) bond motifs is 1. The van der Waals surface area contributed by atoms with Gasteiger partial charge in [-0.3, -0.25) is 9.59 Å². The molecule has 0 saturated heterocycles. The molecular formula is C16H22N2O4S2. The van der Waals surface area contributed by atoms with E-state index in [4.69, 9.17) is 0 Å². The van der Waals surface area contributed by atoms with Gasteiger partial charge in [0.15, 0.2) is 9.84 Å². The Hall–Kier alpha value is -1.54. The molecule has 2 atom stereocenters. The molecule has 0 aliphatic carbocycles. The molecular weight excluding hydrogens is 348 g/mol. The van der Waals surface area contributed by atoms with Gasteiger partial charge in [0.1, 0.15) is 0 Å². The van der Waals surface area contributed by atoms with Crippen LogP contribution >= 0.6 is 11.8 Å². The van der Waals surface area contributed by atoms with Gasteiger partial charge in [-0.2, -0.15) is 0 Å². The van der Waals surface area contributed by atoms with Crippen LogP contribution in [0.3, 0.4) is 0 Å². The summed E-state index contributed by atoms with van der Waals surface area (Å²) in [4.78, 5) is 24.3. The van der Waals surface area contributed by atoms with Crippen molar-refractivity contribution in [2.24, 2.45) is 0 Å². The zero-order valence-corrected chi connectivity index (χ0v) is 15.6. The van der Waals surface area contributed by atoms with Crippen molar-refractivity contribution in [3.05, 3.63) is 18.2 Å². The van der Waals surface area contributed by atoms with Crippen molar-refractivity contribution in [3.8, 4) is 0 Å². The van der Waals surface area contributed by atoms with E-state index < -0.39 is 9.84 Å². The first-order valence-electron chi connectivity index (χ1n) is 7.86. The molecule has 0 radical (unpaired) electrons. The fraction of sp³-hybridized carbons (Fsp3) is 0.500. The Bertz CT molecular complexity index is 746. The zero-order valence-electron chi connectivity index (χ0n) is 14.0. The lowest BCUT2D eigenvalue weighted by atomic mass is 10.2. The van der Waals surface area contributed by atoms with Crippen LogP contribution in [0.5, 0.6) is 0 Å². The lowest BCUT2D eigenvalue weighted by Crippen LogP contribution is -2.33. The summed E-state index contributed by atoms with van der Waals surface area (Å²) < 4.78 is 24.9. The quantitative estimate of drug-likeness (QED) is 0.801. The largest absolute Gasteiger partial charge is 0.354 e. The van der Waals surface area contributed by atoms with Gasteiger partial charge in [-0.15, -0.1) is 11.8 Å². The zero-order chi connectivity index (χ0) is 17.9. The minimum Gasteiger partial charge on any atom is -0.354 e. The molecule has 2 amide bonds. The maximum absolute atomic E-state index is 12.4. The molecule has 0 fully saturated rings. The van der Waals surface area contributed by atoms with Crippen molar-refractivity contribution in [2.45, 2.75) is 54.7 Å². The number of nitrogens with one attached hydrogen (secondary N) is 2. The van der Waals surface area contributed by atoms with Gasteiger partial charge in [-0.1, -0.05) is 6.92 Å². The molecule has 1 heterocycles. The Labute approximate surface area is 146 Å². The predicted octanol–water partition coefficient (Wildman–Crippen LogP) is 2.20. The van der Waals surface area contributed by atoms with Gasteiger partial charge < -0.3 is 10.6 Å². The number of carbonyl (C=O) groups excluding carboxylic acids is 2. The summed E-state index contributed by atoms with van der Waals surface area (Å²) in [6.07, 6.45) is 0.731. The van der Waals surface area contributed by atoms with Crippen LogP contribution in [-0.4, -0.2) is 37.3 Å². The molecule has 1 aliphatic rings. The highest BCUT2D eigenvalue weighted by Gasteiger charge is 2.25. The molecule has 8 heteroatoms. The van der Waals surface area contributed by atoms with Gasteiger partial charge in [0, 0.05) is 17.4 Å². The Morgan fingerprint density at radius 1 is 1.42 bits per heavy atom. The fourth-order valence-corrected chi connectivity index (χ4v) is 4.49. The first kappa shape index (κ1) is 18.8. The third-order valence-corrected chi connectivity index (χ3v) is 6.73. The van der Waals surface area contributed by atoms with Crippen LogP contribution in [0.4, 0.5) is 5.69 Å². The maximum atomic E-state index is 12.4. The second-order valence-electron chi connectivity index (χ2n) is 5.85. The smallest absolute Gasteiger partial charge is 0.237 e. The molecule has 132 valence electrons. The van der Waals surface area contributed by atoms with Crippen molar-refractivity contribution >= 4 is 39.1 Å². The van der Waals surface area contributed by atoms with Gasteiger partial charge in [0.05, 0.1) is 21.6 Å². The van der Waals surface area contributed by atoms with Crippen molar-refractivity contribution in [1.82, 2.24) is 5.32 Å². The van der Waals surface area contributed by atoms with E-state index in [0.717, 1.165) is 11.3 Å². The van der Waals surface area contributed by atoms with Crippen LogP contribution in [0.25, 0.3) is 0 Å². The Balaban J connectivity index is 2.09. The average Bonchev–Trinajstić information content (AvgIpc) is 2.53. The van der Waals surface area contributed by atoms with Crippen molar-refractivity contribution in [3.63, 3.8) is 0 Å². The first-order chi connectivity index (χ1) is 11.2.